The Bertz CT molecular complexity index is 492. The van der Waals surface area contributed by atoms with Crippen molar-refractivity contribution >= 4 is 21.8 Å². The molecule has 0 aliphatic heterocycles. The number of rotatable bonds is 5. The van der Waals surface area contributed by atoms with Crippen LogP contribution in [-0.2, 0) is 11.3 Å². The van der Waals surface area contributed by atoms with Gasteiger partial charge in [-0.2, -0.15) is 0 Å². The number of hydrogen-bond acceptors (Lipinski definition) is 3. The topological polar surface area (TPSA) is 97.9 Å². The summed E-state index contributed by atoms with van der Waals surface area (Å²) < 4.78 is 1.69. The summed E-state index contributed by atoms with van der Waals surface area (Å²) >= 11 is 3.03. The number of nitrogens with two attached hydrogens (primary N) is 1. The first-order valence-corrected chi connectivity index (χ1v) is 5.57. The molecule has 0 bridgehead atoms. The number of aromatic nitrogens is 2. The Kier molecular flexibility index (Phi) is 4.48. The van der Waals surface area contributed by atoms with Crippen molar-refractivity contribution in [2.75, 3.05) is 0 Å². The highest BCUT2D eigenvalue weighted by Gasteiger charge is 2.02. The summed E-state index contributed by atoms with van der Waals surface area (Å²) in [6.07, 6.45) is 3.02. The first-order valence-electron chi connectivity index (χ1n) is 4.78. The number of hydrogen-bond donors (Lipinski definition) is 2. The molecule has 16 heavy (non-hydrogen) atoms. The molecule has 1 aromatic rings. The van der Waals surface area contributed by atoms with Gasteiger partial charge in [-0.1, -0.05) is 0 Å². The van der Waals surface area contributed by atoms with Gasteiger partial charge in [0.15, 0.2) is 0 Å². The van der Waals surface area contributed by atoms with Crippen molar-refractivity contribution in [3.63, 3.8) is 0 Å². The van der Waals surface area contributed by atoms with Gasteiger partial charge in [0.05, 0.1) is 4.47 Å². The van der Waals surface area contributed by atoms with Crippen LogP contribution in [0.25, 0.3) is 0 Å². The van der Waals surface area contributed by atoms with Crippen molar-refractivity contribution in [2.24, 2.45) is 5.73 Å². The van der Waals surface area contributed by atoms with Crippen LogP contribution in [-0.4, -0.2) is 15.5 Å². The van der Waals surface area contributed by atoms with Crippen LogP contribution in [0.1, 0.15) is 19.3 Å². The van der Waals surface area contributed by atoms with E-state index in [4.69, 9.17) is 5.73 Å². The number of carbonyl (C=O) groups is 1. The molecule has 1 heterocycles. The monoisotopic (exact) mass is 289 g/mol. The predicted octanol–water partition coefficient (Wildman–Crippen LogP) is -0.0453. The highest BCUT2D eigenvalue weighted by atomic mass is 79.9. The minimum Gasteiger partial charge on any atom is -0.370 e. The summed E-state index contributed by atoms with van der Waals surface area (Å²) in [5.41, 5.74) is 4.09. The Labute approximate surface area is 99.6 Å². The highest BCUT2D eigenvalue weighted by molar-refractivity contribution is 9.10. The van der Waals surface area contributed by atoms with Gasteiger partial charge in [0.25, 0.3) is 5.56 Å². The molecular weight excluding hydrogens is 278 g/mol. The fourth-order valence-corrected chi connectivity index (χ4v) is 1.58. The summed E-state index contributed by atoms with van der Waals surface area (Å²) in [6.45, 7) is 0.446. The van der Waals surface area contributed by atoms with E-state index in [9.17, 15) is 14.4 Å². The number of amides is 1. The zero-order valence-electron chi connectivity index (χ0n) is 8.53. The lowest BCUT2D eigenvalue weighted by Gasteiger charge is -2.04. The van der Waals surface area contributed by atoms with Gasteiger partial charge in [0.1, 0.15) is 0 Å². The Morgan fingerprint density at radius 1 is 1.44 bits per heavy atom. The van der Waals surface area contributed by atoms with E-state index in [1.165, 1.54) is 10.8 Å². The Balaban J connectivity index is 2.61. The number of nitrogens with zero attached hydrogens (tertiary/aromatic N) is 1. The lowest BCUT2D eigenvalue weighted by Crippen LogP contribution is -2.29. The molecule has 0 aliphatic carbocycles. The quantitative estimate of drug-likeness (QED) is 0.744. The second kappa shape index (κ2) is 5.64. The molecule has 0 aliphatic rings. The molecule has 0 spiro atoms. The number of primary amides is 1. The summed E-state index contributed by atoms with van der Waals surface area (Å²) in [5.74, 6) is -0.352. The Morgan fingerprint density at radius 2 is 2.12 bits per heavy atom. The van der Waals surface area contributed by atoms with E-state index in [1.54, 1.807) is 0 Å². The van der Waals surface area contributed by atoms with Gasteiger partial charge < -0.3 is 5.73 Å². The average Bonchev–Trinajstić information content (AvgIpc) is 2.19. The van der Waals surface area contributed by atoms with E-state index in [0.717, 1.165) is 0 Å². The summed E-state index contributed by atoms with van der Waals surface area (Å²) in [5, 5.41) is 0. The predicted molar refractivity (Wildman–Crippen MR) is 62.1 cm³/mol. The van der Waals surface area contributed by atoms with Gasteiger partial charge in [-0.3, -0.25) is 19.1 Å². The molecule has 0 saturated heterocycles. The van der Waals surface area contributed by atoms with Crippen LogP contribution < -0.4 is 17.0 Å². The lowest BCUT2D eigenvalue weighted by molar-refractivity contribution is -0.118. The van der Waals surface area contributed by atoms with E-state index in [-0.39, 0.29) is 5.91 Å². The molecule has 1 aromatic heterocycles. The third-order valence-electron chi connectivity index (χ3n) is 2.04. The molecule has 1 rings (SSSR count). The lowest BCUT2D eigenvalue weighted by atomic mass is 10.2. The molecule has 0 fully saturated rings. The molecule has 1 amide bonds. The third kappa shape index (κ3) is 3.65. The maximum Gasteiger partial charge on any atom is 0.328 e. The summed E-state index contributed by atoms with van der Waals surface area (Å²) in [7, 11) is 0. The molecule has 0 atom stereocenters. The molecule has 0 aromatic carbocycles. The normalized spacial score (nSPS) is 10.3. The minimum absolute atomic E-state index is 0.305. The maximum absolute atomic E-state index is 11.3. The van der Waals surface area contributed by atoms with E-state index in [1.807, 2.05) is 0 Å². The molecule has 3 N–H and O–H groups in total. The van der Waals surface area contributed by atoms with Crippen LogP contribution in [0.3, 0.4) is 0 Å². The largest absolute Gasteiger partial charge is 0.370 e. The van der Waals surface area contributed by atoms with Crippen LogP contribution in [0.15, 0.2) is 20.3 Å². The SMILES string of the molecule is NC(=O)CCCCn1cc(Br)c(=O)[nH]c1=O. The number of aromatic amines is 1. The van der Waals surface area contributed by atoms with Gasteiger partial charge >= 0.3 is 5.69 Å². The zero-order valence-corrected chi connectivity index (χ0v) is 10.1. The van der Waals surface area contributed by atoms with Gasteiger partial charge in [0.2, 0.25) is 5.91 Å². The average molecular weight is 290 g/mol. The van der Waals surface area contributed by atoms with E-state index < -0.39 is 11.2 Å². The standard InChI is InChI=1S/C9H12BrN3O3/c10-6-5-13(9(16)12-8(6)15)4-2-1-3-7(11)14/h5H,1-4H2,(H2,11,14)(H,12,15,16). The fraction of sp³-hybridized carbons (Fsp3) is 0.444. The molecule has 6 nitrogen and oxygen atoms in total. The Hall–Kier alpha value is -1.37. The smallest absolute Gasteiger partial charge is 0.328 e. The van der Waals surface area contributed by atoms with Crippen molar-refractivity contribution < 1.29 is 4.79 Å². The number of halogens is 1. The van der Waals surface area contributed by atoms with E-state index >= 15 is 0 Å². The first kappa shape index (κ1) is 12.7. The van der Waals surface area contributed by atoms with E-state index in [2.05, 4.69) is 20.9 Å². The van der Waals surface area contributed by atoms with Crippen molar-refractivity contribution in [1.29, 1.82) is 0 Å². The molecule has 88 valence electrons. The van der Waals surface area contributed by atoms with Gasteiger partial charge in [0, 0.05) is 19.2 Å². The number of carbonyl (C=O) groups excluding carboxylic acids is 1. The minimum atomic E-state index is -0.452. The molecule has 0 unspecified atom stereocenters. The van der Waals surface area contributed by atoms with Crippen molar-refractivity contribution in [3.05, 3.63) is 31.5 Å². The van der Waals surface area contributed by atoms with Gasteiger partial charge in [-0.15, -0.1) is 0 Å². The van der Waals surface area contributed by atoms with E-state index in [0.29, 0.717) is 30.3 Å². The number of aryl methyl sites for hydroxylation is 1. The molecule has 0 radical (unpaired) electrons. The van der Waals surface area contributed by atoms with Crippen LogP contribution in [0, 0.1) is 0 Å². The fourth-order valence-electron chi connectivity index (χ4n) is 1.23. The number of nitrogens with one attached hydrogen (secondary N) is 1. The van der Waals surface area contributed by atoms with Crippen molar-refractivity contribution in [2.45, 2.75) is 25.8 Å². The van der Waals surface area contributed by atoms with Gasteiger partial charge in [-0.25, -0.2) is 4.79 Å². The van der Waals surface area contributed by atoms with Crippen LogP contribution in [0.2, 0.25) is 0 Å². The van der Waals surface area contributed by atoms with Crippen LogP contribution in [0.4, 0.5) is 0 Å². The second-order valence-electron chi connectivity index (χ2n) is 3.35. The van der Waals surface area contributed by atoms with Gasteiger partial charge in [-0.05, 0) is 28.8 Å². The summed E-state index contributed by atoms with van der Waals surface area (Å²) in [4.78, 5) is 35.0. The van der Waals surface area contributed by atoms with Crippen molar-refractivity contribution in [3.8, 4) is 0 Å². The van der Waals surface area contributed by atoms with Crippen molar-refractivity contribution in [1.82, 2.24) is 9.55 Å². The molecular formula is C9H12BrN3O3. The highest BCUT2D eigenvalue weighted by Crippen LogP contribution is 2.01. The zero-order chi connectivity index (χ0) is 12.1. The van der Waals surface area contributed by atoms with Crippen LogP contribution >= 0.6 is 15.9 Å². The third-order valence-corrected chi connectivity index (χ3v) is 2.60. The molecule has 0 saturated carbocycles. The molecule has 7 heteroatoms. The number of unbranched alkanes of at least 4 members (excludes halogenated alkanes) is 1. The first-order chi connectivity index (χ1) is 7.50. The maximum atomic E-state index is 11.3. The second-order valence-corrected chi connectivity index (χ2v) is 4.21. The van der Waals surface area contributed by atoms with Crippen LogP contribution in [0.5, 0.6) is 0 Å². The number of H-pyrrole nitrogens is 1. The Morgan fingerprint density at radius 3 is 2.75 bits per heavy atom. The summed E-state index contributed by atoms with van der Waals surface area (Å²) in [6, 6.07) is 0.